The van der Waals surface area contributed by atoms with Crippen LogP contribution in [0, 0.1) is 0 Å². The zero-order valence-corrected chi connectivity index (χ0v) is 15.5. The van der Waals surface area contributed by atoms with Crippen molar-refractivity contribution in [1.82, 2.24) is 25.5 Å². The number of fused-ring (bicyclic) bond motifs is 1. The molecular weight excluding hydrogens is 358 g/mol. The highest BCUT2D eigenvalue weighted by atomic mass is 16.5. The highest BCUT2D eigenvalue weighted by Crippen LogP contribution is 2.30. The summed E-state index contributed by atoms with van der Waals surface area (Å²) >= 11 is 0. The first kappa shape index (κ1) is 17.7. The number of nitrogens with one attached hydrogen (secondary N) is 1. The number of carbonyl (C=O) groups excluding carboxylic acids is 1. The molecule has 1 atom stereocenters. The van der Waals surface area contributed by atoms with E-state index in [0.29, 0.717) is 22.9 Å². The third-order valence-corrected chi connectivity index (χ3v) is 4.32. The number of nitrogens with zero attached hydrogens (tertiary/aromatic N) is 4. The van der Waals surface area contributed by atoms with Gasteiger partial charge in [-0.05, 0) is 24.3 Å². The van der Waals surface area contributed by atoms with Crippen molar-refractivity contribution in [1.29, 1.82) is 0 Å². The lowest BCUT2D eigenvalue weighted by Gasteiger charge is -2.10. The van der Waals surface area contributed by atoms with E-state index < -0.39 is 0 Å². The van der Waals surface area contributed by atoms with Crippen LogP contribution in [-0.4, -0.2) is 33.2 Å². The Hall–Kier alpha value is -3.68. The molecule has 8 nitrogen and oxygen atoms in total. The average molecular weight is 377 g/mol. The Morgan fingerprint density at radius 1 is 1.21 bits per heavy atom. The van der Waals surface area contributed by atoms with Crippen LogP contribution in [0.25, 0.3) is 22.4 Å². The molecule has 0 bridgehead atoms. The average Bonchev–Trinajstić information content (AvgIpc) is 3.35. The van der Waals surface area contributed by atoms with E-state index in [-0.39, 0.29) is 18.5 Å². The van der Waals surface area contributed by atoms with Crippen LogP contribution in [0.2, 0.25) is 0 Å². The van der Waals surface area contributed by atoms with E-state index in [1.165, 1.54) is 4.80 Å². The second-order valence-corrected chi connectivity index (χ2v) is 6.33. The standard InChI is InChI=1S/C20H19N5O3/c1-13(17-11-15-9-6-10-16(27-2)19(15)28-17)21-18(26)12-25-23-20(22-24-25)14-7-4-3-5-8-14/h3-11,13H,12H2,1-2H3,(H,21,26). The van der Waals surface area contributed by atoms with Gasteiger partial charge in [0.05, 0.1) is 13.2 Å². The molecule has 0 fully saturated rings. The van der Waals surface area contributed by atoms with Crippen molar-refractivity contribution in [3.05, 3.63) is 60.4 Å². The molecule has 2 heterocycles. The normalized spacial score (nSPS) is 12.1. The fraction of sp³-hybridized carbons (Fsp3) is 0.200. The highest BCUT2D eigenvalue weighted by Gasteiger charge is 2.17. The highest BCUT2D eigenvalue weighted by molar-refractivity contribution is 5.84. The molecule has 1 amide bonds. The lowest BCUT2D eigenvalue weighted by atomic mass is 10.2. The number of hydrogen-bond donors (Lipinski definition) is 1. The van der Waals surface area contributed by atoms with Gasteiger partial charge < -0.3 is 14.5 Å². The van der Waals surface area contributed by atoms with Gasteiger partial charge in [-0.2, -0.15) is 4.80 Å². The number of carbonyl (C=O) groups is 1. The number of rotatable bonds is 6. The summed E-state index contributed by atoms with van der Waals surface area (Å²) < 4.78 is 11.2. The summed E-state index contributed by atoms with van der Waals surface area (Å²) in [6, 6.07) is 16.7. The molecule has 0 aliphatic carbocycles. The van der Waals surface area contributed by atoms with Gasteiger partial charge in [-0.25, -0.2) is 0 Å². The predicted octanol–water partition coefficient (Wildman–Crippen LogP) is 2.97. The van der Waals surface area contributed by atoms with Gasteiger partial charge >= 0.3 is 0 Å². The molecule has 0 radical (unpaired) electrons. The van der Waals surface area contributed by atoms with Crippen LogP contribution in [0.15, 0.2) is 59.0 Å². The number of furan rings is 1. The lowest BCUT2D eigenvalue weighted by Crippen LogP contribution is -2.30. The second-order valence-electron chi connectivity index (χ2n) is 6.33. The van der Waals surface area contributed by atoms with E-state index in [4.69, 9.17) is 9.15 Å². The summed E-state index contributed by atoms with van der Waals surface area (Å²) in [5, 5.41) is 16.0. The van der Waals surface area contributed by atoms with Gasteiger partial charge in [-0.3, -0.25) is 4.79 Å². The predicted molar refractivity (Wildman–Crippen MR) is 103 cm³/mol. The molecule has 0 aliphatic rings. The number of tetrazole rings is 1. The lowest BCUT2D eigenvalue weighted by molar-refractivity contribution is -0.122. The summed E-state index contributed by atoms with van der Waals surface area (Å²) in [4.78, 5) is 13.6. The van der Waals surface area contributed by atoms with Crippen LogP contribution in [0.4, 0.5) is 0 Å². The Bertz CT molecular complexity index is 1100. The Labute approximate surface area is 161 Å². The van der Waals surface area contributed by atoms with E-state index >= 15 is 0 Å². The van der Waals surface area contributed by atoms with Crippen molar-refractivity contribution in [2.75, 3.05) is 7.11 Å². The zero-order valence-electron chi connectivity index (χ0n) is 15.5. The van der Waals surface area contributed by atoms with Crippen LogP contribution in [0.5, 0.6) is 5.75 Å². The first-order valence-corrected chi connectivity index (χ1v) is 8.83. The fourth-order valence-electron chi connectivity index (χ4n) is 2.93. The summed E-state index contributed by atoms with van der Waals surface area (Å²) in [5.41, 5.74) is 1.50. The molecule has 8 heteroatoms. The molecule has 0 spiro atoms. The number of methoxy groups -OCH3 is 1. The monoisotopic (exact) mass is 377 g/mol. The van der Waals surface area contributed by atoms with Crippen molar-refractivity contribution >= 4 is 16.9 Å². The molecule has 1 unspecified atom stereocenters. The number of para-hydroxylation sites is 1. The van der Waals surface area contributed by atoms with Crippen LogP contribution >= 0.6 is 0 Å². The van der Waals surface area contributed by atoms with Crippen LogP contribution in [0.1, 0.15) is 18.7 Å². The maximum Gasteiger partial charge on any atom is 0.244 e. The zero-order chi connectivity index (χ0) is 19.5. The molecule has 4 aromatic rings. The fourth-order valence-corrected chi connectivity index (χ4v) is 2.93. The van der Waals surface area contributed by atoms with Gasteiger partial charge in [0.25, 0.3) is 0 Å². The minimum atomic E-state index is -0.318. The smallest absolute Gasteiger partial charge is 0.244 e. The van der Waals surface area contributed by atoms with Crippen molar-refractivity contribution in [3.63, 3.8) is 0 Å². The maximum absolute atomic E-state index is 12.4. The first-order chi connectivity index (χ1) is 13.6. The van der Waals surface area contributed by atoms with Gasteiger partial charge in [0.1, 0.15) is 12.3 Å². The number of benzene rings is 2. The van der Waals surface area contributed by atoms with Crippen LogP contribution in [-0.2, 0) is 11.3 Å². The molecule has 1 N–H and O–H groups in total. The first-order valence-electron chi connectivity index (χ1n) is 8.83. The Balaban J connectivity index is 1.43. The van der Waals surface area contributed by atoms with Crippen molar-refractivity contribution in [3.8, 4) is 17.1 Å². The number of amides is 1. The van der Waals surface area contributed by atoms with Crippen molar-refractivity contribution < 1.29 is 13.9 Å². The quantitative estimate of drug-likeness (QED) is 0.555. The van der Waals surface area contributed by atoms with Gasteiger partial charge in [0, 0.05) is 10.9 Å². The Morgan fingerprint density at radius 3 is 2.82 bits per heavy atom. The van der Waals surface area contributed by atoms with Gasteiger partial charge in [0.2, 0.25) is 11.7 Å². The van der Waals surface area contributed by atoms with Gasteiger partial charge in [-0.15, -0.1) is 10.2 Å². The van der Waals surface area contributed by atoms with E-state index in [1.807, 2.05) is 61.5 Å². The minimum absolute atomic E-state index is 0.0340. The van der Waals surface area contributed by atoms with Crippen LogP contribution < -0.4 is 10.1 Å². The largest absolute Gasteiger partial charge is 0.493 e. The summed E-state index contributed by atoms with van der Waals surface area (Å²) in [5.74, 6) is 1.54. The number of hydrogen-bond acceptors (Lipinski definition) is 6. The summed E-state index contributed by atoms with van der Waals surface area (Å²) in [7, 11) is 1.59. The molecule has 0 aliphatic heterocycles. The van der Waals surface area contributed by atoms with Crippen molar-refractivity contribution in [2.45, 2.75) is 19.5 Å². The Morgan fingerprint density at radius 2 is 2.04 bits per heavy atom. The molecule has 2 aromatic heterocycles. The van der Waals surface area contributed by atoms with Crippen molar-refractivity contribution in [2.24, 2.45) is 0 Å². The third kappa shape index (κ3) is 3.57. The van der Waals surface area contributed by atoms with E-state index in [0.717, 1.165) is 10.9 Å². The Kier molecular flexibility index (Phi) is 4.76. The topological polar surface area (TPSA) is 95.1 Å². The minimum Gasteiger partial charge on any atom is -0.493 e. The molecule has 2 aromatic carbocycles. The number of ether oxygens (including phenoxy) is 1. The second kappa shape index (κ2) is 7.51. The number of aromatic nitrogens is 4. The molecule has 28 heavy (non-hydrogen) atoms. The SMILES string of the molecule is COc1cccc2cc(C(C)NC(=O)Cn3nnc(-c4ccccc4)n3)oc12. The molecule has 0 saturated carbocycles. The van der Waals surface area contributed by atoms with Crippen LogP contribution in [0.3, 0.4) is 0 Å². The molecule has 142 valence electrons. The molecular formula is C20H19N5O3. The van der Waals surface area contributed by atoms with E-state index in [9.17, 15) is 4.79 Å². The summed E-state index contributed by atoms with van der Waals surface area (Å²) in [6.07, 6.45) is 0. The van der Waals surface area contributed by atoms with E-state index in [2.05, 4.69) is 20.7 Å². The van der Waals surface area contributed by atoms with Gasteiger partial charge in [0.15, 0.2) is 11.3 Å². The van der Waals surface area contributed by atoms with Gasteiger partial charge in [-0.1, -0.05) is 42.5 Å². The summed E-state index contributed by atoms with van der Waals surface area (Å²) in [6.45, 7) is 1.82. The maximum atomic E-state index is 12.4. The molecule has 0 saturated heterocycles. The molecule has 4 rings (SSSR count). The third-order valence-electron chi connectivity index (χ3n) is 4.32. The van der Waals surface area contributed by atoms with E-state index in [1.54, 1.807) is 7.11 Å².